The van der Waals surface area contributed by atoms with E-state index < -0.39 is 29.5 Å². The number of likely N-dealkylation sites (N-methyl/N-ethyl adjacent to an activating group) is 1. The lowest BCUT2D eigenvalue weighted by Gasteiger charge is -2.17. The van der Waals surface area contributed by atoms with Gasteiger partial charge in [0.15, 0.2) is 23.3 Å². The minimum Gasteiger partial charge on any atom is -0.441 e. The Morgan fingerprint density at radius 3 is 2.53 bits per heavy atom. The summed E-state index contributed by atoms with van der Waals surface area (Å²) in [5.41, 5.74) is 0.920. The van der Waals surface area contributed by atoms with Crippen LogP contribution in [0.25, 0.3) is 11.3 Å². The largest absolute Gasteiger partial charge is 0.441 e. The van der Waals surface area contributed by atoms with Crippen LogP contribution < -0.4 is 10.6 Å². The van der Waals surface area contributed by atoms with Gasteiger partial charge in [-0.15, -0.1) is 0 Å². The molecule has 6 nitrogen and oxygen atoms in total. The van der Waals surface area contributed by atoms with Crippen LogP contribution in [0.1, 0.15) is 23.9 Å². The Bertz CT molecular complexity index is 1050. The molecule has 9 heteroatoms. The molecule has 156 valence electrons. The van der Waals surface area contributed by atoms with Gasteiger partial charge in [0.05, 0.1) is 6.20 Å². The van der Waals surface area contributed by atoms with Crippen molar-refractivity contribution in [3.63, 3.8) is 0 Å². The van der Waals surface area contributed by atoms with E-state index in [4.69, 9.17) is 16.0 Å². The molecule has 1 unspecified atom stereocenters. The zero-order chi connectivity index (χ0) is 21.7. The smallest absolute Gasteiger partial charge is 0.246 e. The number of aromatic nitrogens is 1. The fourth-order valence-corrected chi connectivity index (χ4v) is 2.89. The van der Waals surface area contributed by atoms with Crippen molar-refractivity contribution < 1.29 is 22.8 Å². The Kier molecular flexibility index (Phi) is 6.79. The average Bonchev–Trinajstić information content (AvgIpc) is 3.21. The van der Waals surface area contributed by atoms with Crippen molar-refractivity contribution in [2.75, 3.05) is 7.05 Å². The molecule has 2 N–H and O–H groups in total. The van der Waals surface area contributed by atoms with Gasteiger partial charge in [-0.3, -0.25) is 9.59 Å². The van der Waals surface area contributed by atoms with Crippen LogP contribution in [0.5, 0.6) is 0 Å². The van der Waals surface area contributed by atoms with Crippen LogP contribution in [-0.4, -0.2) is 23.8 Å². The number of nitrogens with one attached hydrogen (secondary N) is 2. The highest BCUT2D eigenvalue weighted by Gasteiger charge is 2.23. The maximum absolute atomic E-state index is 13.5. The van der Waals surface area contributed by atoms with Crippen molar-refractivity contribution in [2.24, 2.45) is 0 Å². The molecule has 0 radical (unpaired) electrons. The first kappa shape index (κ1) is 21.4. The zero-order valence-electron chi connectivity index (χ0n) is 15.9. The number of halogens is 3. The molecule has 1 aromatic heterocycles. The number of hydrogen-bond acceptors (Lipinski definition) is 4. The molecule has 0 aliphatic rings. The predicted octanol–water partition coefficient (Wildman–Crippen LogP) is 3.81. The fraction of sp³-hybridized carbons (Fsp3) is 0.190. The van der Waals surface area contributed by atoms with Gasteiger partial charge < -0.3 is 15.1 Å². The maximum Gasteiger partial charge on any atom is 0.246 e. The molecule has 0 bridgehead atoms. The standard InChI is InChI=1S/C21H18ClF2N3O3/c1-25-21(29)20(13-4-7-15(23)16(24)10-13)27-18(28)8-9-19-26-11-17(30-19)12-2-5-14(22)6-3-12/h2-7,10-11,20H,8-9H2,1H3,(H,25,29)(H,27,28). The van der Waals surface area contributed by atoms with Crippen molar-refractivity contribution in [3.05, 3.63) is 76.8 Å². The Balaban J connectivity index is 1.64. The van der Waals surface area contributed by atoms with E-state index in [2.05, 4.69) is 15.6 Å². The second kappa shape index (κ2) is 9.49. The Morgan fingerprint density at radius 1 is 1.13 bits per heavy atom. The van der Waals surface area contributed by atoms with Crippen LogP contribution in [0.3, 0.4) is 0 Å². The maximum atomic E-state index is 13.5. The molecule has 2 amide bonds. The molecule has 2 aromatic carbocycles. The van der Waals surface area contributed by atoms with Crippen molar-refractivity contribution in [3.8, 4) is 11.3 Å². The predicted molar refractivity (Wildman–Crippen MR) is 107 cm³/mol. The van der Waals surface area contributed by atoms with E-state index in [1.54, 1.807) is 30.5 Å². The fourth-order valence-electron chi connectivity index (χ4n) is 2.76. The molecule has 0 fully saturated rings. The number of amides is 2. The number of aryl methyl sites for hydroxylation is 1. The summed E-state index contributed by atoms with van der Waals surface area (Å²) in [7, 11) is 1.38. The molecule has 3 rings (SSSR count). The van der Waals surface area contributed by atoms with E-state index in [-0.39, 0.29) is 18.4 Å². The number of carbonyl (C=O) groups is 2. The monoisotopic (exact) mass is 433 g/mol. The zero-order valence-corrected chi connectivity index (χ0v) is 16.7. The molecule has 0 saturated heterocycles. The van der Waals surface area contributed by atoms with Gasteiger partial charge in [-0.25, -0.2) is 13.8 Å². The second-order valence-corrected chi connectivity index (χ2v) is 6.85. The number of hydrogen-bond donors (Lipinski definition) is 2. The van der Waals surface area contributed by atoms with Crippen LogP contribution in [0.15, 0.2) is 53.1 Å². The van der Waals surface area contributed by atoms with Crippen LogP contribution in [0, 0.1) is 11.6 Å². The van der Waals surface area contributed by atoms with Gasteiger partial charge in [0.25, 0.3) is 0 Å². The lowest BCUT2D eigenvalue weighted by molar-refractivity contribution is -0.128. The van der Waals surface area contributed by atoms with Gasteiger partial charge >= 0.3 is 0 Å². The Hall–Kier alpha value is -3.26. The highest BCUT2D eigenvalue weighted by molar-refractivity contribution is 6.30. The molecular weight excluding hydrogens is 416 g/mol. The quantitative estimate of drug-likeness (QED) is 0.593. The second-order valence-electron chi connectivity index (χ2n) is 6.41. The minimum atomic E-state index is -1.16. The van der Waals surface area contributed by atoms with Crippen LogP contribution in [0.2, 0.25) is 5.02 Å². The third-order valence-electron chi connectivity index (χ3n) is 4.34. The number of carbonyl (C=O) groups excluding carboxylic acids is 2. The first-order valence-electron chi connectivity index (χ1n) is 9.04. The summed E-state index contributed by atoms with van der Waals surface area (Å²) in [4.78, 5) is 28.6. The van der Waals surface area contributed by atoms with E-state index in [0.717, 1.165) is 17.7 Å². The summed E-state index contributed by atoms with van der Waals surface area (Å²) in [5.74, 6) is -2.30. The first-order chi connectivity index (χ1) is 14.4. The van der Waals surface area contributed by atoms with Gasteiger partial charge in [0, 0.05) is 30.5 Å². The number of rotatable bonds is 7. The van der Waals surface area contributed by atoms with E-state index in [9.17, 15) is 18.4 Å². The SMILES string of the molecule is CNC(=O)C(NC(=O)CCc1ncc(-c2ccc(Cl)cc2)o1)c1ccc(F)c(F)c1. The summed E-state index contributed by atoms with van der Waals surface area (Å²) in [5, 5.41) is 5.51. The summed E-state index contributed by atoms with van der Waals surface area (Å²) < 4.78 is 32.3. The van der Waals surface area contributed by atoms with Crippen molar-refractivity contribution in [2.45, 2.75) is 18.9 Å². The normalized spacial score (nSPS) is 11.7. The molecule has 3 aromatic rings. The molecule has 0 saturated carbocycles. The van der Waals surface area contributed by atoms with E-state index in [1.165, 1.54) is 13.1 Å². The van der Waals surface area contributed by atoms with E-state index in [1.807, 2.05) is 0 Å². The Morgan fingerprint density at radius 2 is 1.87 bits per heavy atom. The van der Waals surface area contributed by atoms with Gasteiger partial charge in [0.2, 0.25) is 11.8 Å². The molecule has 0 aliphatic heterocycles. The van der Waals surface area contributed by atoms with Crippen molar-refractivity contribution in [1.82, 2.24) is 15.6 Å². The highest BCUT2D eigenvalue weighted by atomic mass is 35.5. The molecule has 1 heterocycles. The van der Waals surface area contributed by atoms with Crippen molar-refractivity contribution >= 4 is 23.4 Å². The minimum absolute atomic E-state index is 0.0161. The highest BCUT2D eigenvalue weighted by Crippen LogP contribution is 2.23. The van der Waals surface area contributed by atoms with Gasteiger partial charge in [0.1, 0.15) is 6.04 Å². The lowest BCUT2D eigenvalue weighted by atomic mass is 10.1. The van der Waals surface area contributed by atoms with Gasteiger partial charge in [-0.2, -0.15) is 0 Å². The summed E-state index contributed by atoms with van der Waals surface area (Å²) in [6.07, 6.45) is 1.72. The van der Waals surface area contributed by atoms with Gasteiger partial charge in [-0.05, 0) is 42.0 Å². The van der Waals surface area contributed by atoms with Gasteiger partial charge in [-0.1, -0.05) is 17.7 Å². The molecule has 30 heavy (non-hydrogen) atoms. The first-order valence-corrected chi connectivity index (χ1v) is 9.41. The Labute approximate surface area is 176 Å². The van der Waals surface area contributed by atoms with E-state index >= 15 is 0 Å². The average molecular weight is 434 g/mol. The lowest BCUT2D eigenvalue weighted by Crippen LogP contribution is -2.39. The number of oxazole rings is 1. The van der Waals surface area contributed by atoms with Crippen LogP contribution in [-0.2, 0) is 16.0 Å². The van der Waals surface area contributed by atoms with Crippen molar-refractivity contribution in [1.29, 1.82) is 0 Å². The topological polar surface area (TPSA) is 84.2 Å². The van der Waals surface area contributed by atoms with E-state index in [0.29, 0.717) is 16.7 Å². The third-order valence-corrected chi connectivity index (χ3v) is 4.59. The van der Waals surface area contributed by atoms with Crippen LogP contribution >= 0.6 is 11.6 Å². The molecule has 0 spiro atoms. The number of benzene rings is 2. The number of nitrogens with zero attached hydrogens (tertiary/aromatic N) is 1. The molecule has 0 aliphatic carbocycles. The summed E-state index contributed by atoms with van der Waals surface area (Å²) >= 11 is 5.87. The summed E-state index contributed by atoms with van der Waals surface area (Å²) in [6, 6.07) is 8.88. The molecule has 1 atom stereocenters. The summed E-state index contributed by atoms with van der Waals surface area (Å²) in [6.45, 7) is 0. The van der Waals surface area contributed by atoms with Crippen LogP contribution in [0.4, 0.5) is 8.78 Å². The molecular formula is C21H18ClF2N3O3. The third kappa shape index (κ3) is 5.21.